The SMILES string of the molecule is CCOC(Cc1cc(F)c(F)c(F)c1)(O[SiH3])OCC. The van der Waals surface area contributed by atoms with Gasteiger partial charge in [0.2, 0.25) is 0 Å². The molecule has 1 aromatic rings. The Labute approximate surface area is 113 Å². The Morgan fingerprint density at radius 3 is 1.89 bits per heavy atom. The van der Waals surface area contributed by atoms with Gasteiger partial charge in [-0.15, -0.1) is 0 Å². The van der Waals surface area contributed by atoms with Gasteiger partial charge in [-0.1, -0.05) is 0 Å². The number of rotatable bonds is 7. The van der Waals surface area contributed by atoms with Crippen molar-refractivity contribution in [1.82, 2.24) is 0 Å². The maximum Gasteiger partial charge on any atom is 0.276 e. The van der Waals surface area contributed by atoms with Crippen molar-refractivity contribution in [2.75, 3.05) is 13.2 Å². The molecule has 0 heterocycles. The summed E-state index contributed by atoms with van der Waals surface area (Å²) < 4.78 is 55.3. The number of benzene rings is 1. The van der Waals surface area contributed by atoms with Crippen LogP contribution in [-0.4, -0.2) is 29.7 Å². The largest absolute Gasteiger partial charge is 0.380 e. The van der Waals surface area contributed by atoms with Gasteiger partial charge in [-0.05, 0) is 31.5 Å². The average molecular weight is 294 g/mol. The standard InChI is InChI=1S/C12H17F3O3Si/c1-3-16-12(18-19,17-4-2)7-8-5-9(13)11(15)10(14)6-8/h5-6H,3-4,7H2,1-2,19H3. The molecule has 0 unspecified atom stereocenters. The molecular formula is C12H17F3O3Si. The molecule has 0 fully saturated rings. The van der Waals surface area contributed by atoms with Gasteiger partial charge in [0.05, 0.1) is 6.42 Å². The summed E-state index contributed by atoms with van der Waals surface area (Å²) in [6.07, 6.45) is -0.0215. The van der Waals surface area contributed by atoms with Crippen LogP contribution in [0.5, 0.6) is 0 Å². The molecule has 0 aliphatic carbocycles. The van der Waals surface area contributed by atoms with Gasteiger partial charge in [0.15, 0.2) is 27.9 Å². The molecule has 1 aromatic carbocycles. The molecule has 0 aromatic heterocycles. The first-order chi connectivity index (χ1) is 8.98. The lowest BCUT2D eigenvalue weighted by Gasteiger charge is -2.32. The lowest BCUT2D eigenvalue weighted by atomic mass is 10.1. The second-order valence-corrected chi connectivity index (χ2v) is 4.21. The van der Waals surface area contributed by atoms with Gasteiger partial charge in [-0.3, -0.25) is 0 Å². The highest BCUT2D eigenvalue weighted by molar-refractivity contribution is 5.98. The summed E-state index contributed by atoms with van der Waals surface area (Å²) in [7, 11) is 0.318. The highest BCUT2D eigenvalue weighted by Gasteiger charge is 2.32. The molecule has 19 heavy (non-hydrogen) atoms. The van der Waals surface area contributed by atoms with Crippen molar-refractivity contribution in [2.24, 2.45) is 0 Å². The van der Waals surface area contributed by atoms with Crippen molar-refractivity contribution < 1.29 is 27.1 Å². The Hall–Kier alpha value is -0.893. The minimum Gasteiger partial charge on any atom is -0.380 e. The Morgan fingerprint density at radius 2 is 1.53 bits per heavy atom. The molecule has 0 spiro atoms. The lowest BCUT2D eigenvalue weighted by Crippen LogP contribution is -2.41. The molecule has 3 nitrogen and oxygen atoms in total. The van der Waals surface area contributed by atoms with Crippen LogP contribution >= 0.6 is 0 Å². The van der Waals surface area contributed by atoms with E-state index in [1.54, 1.807) is 13.8 Å². The van der Waals surface area contributed by atoms with E-state index in [2.05, 4.69) is 0 Å². The molecular weight excluding hydrogens is 277 g/mol. The smallest absolute Gasteiger partial charge is 0.276 e. The van der Waals surface area contributed by atoms with Crippen molar-refractivity contribution in [3.8, 4) is 0 Å². The van der Waals surface area contributed by atoms with Crippen LogP contribution in [0, 0.1) is 17.5 Å². The topological polar surface area (TPSA) is 27.7 Å². The highest BCUT2D eigenvalue weighted by atomic mass is 28.2. The Bertz CT molecular complexity index is 400. The van der Waals surface area contributed by atoms with Gasteiger partial charge in [0, 0.05) is 13.2 Å². The van der Waals surface area contributed by atoms with Crippen molar-refractivity contribution in [3.63, 3.8) is 0 Å². The van der Waals surface area contributed by atoms with Crippen molar-refractivity contribution >= 4 is 10.5 Å². The summed E-state index contributed by atoms with van der Waals surface area (Å²) >= 11 is 0. The molecule has 0 radical (unpaired) electrons. The zero-order chi connectivity index (χ0) is 14.5. The fourth-order valence-corrected chi connectivity index (χ4v) is 2.11. The van der Waals surface area contributed by atoms with Gasteiger partial charge in [-0.25, -0.2) is 13.2 Å². The van der Waals surface area contributed by atoms with E-state index >= 15 is 0 Å². The minimum absolute atomic E-state index is 0.0215. The van der Waals surface area contributed by atoms with Crippen LogP contribution in [0.15, 0.2) is 12.1 Å². The summed E-state index contributed by atoms with van der Waals surface area (Å²) in [5, 5.41) is 0. The Morgan fingerprint density at radius 1 is 1.05 bits per heavy atom. The molecule has 0 aliphatic rings. The molecule has 0 aliphatic heterocycles. The second kappa shape index (κ2) is 7.04. The molecule has 0 atom stereocenters. The van der Waals surface area contributed by atoms with Crippen LogP contribution in [0.3, 0.4) is 0 Å². The van der Waals surface area contributed by atoms with E-state index in [4.69, 9.17) is 13.9 Å². The first kappa shape index (κ1) is 16.2. The van der Waals surface area contributed by atoms with Crippen LogP contribution in [0.25, 0.3) is 0 Å². The fourth-order valence-electron chi connectivity index (χ4n) is 1.73. The lowest BCUT2D eigenvalue weighted by molar-refractivity contribution is -0.339. The maximum atomic E-state index is 13.2. The van der Waals surface area contributed by atoms with E-state index in [1.807, 2.05) is 0 Å². The van der Waals surface area contributed by atoms with E-state index < -0.39 is 23.4 Å². The minimum atomic E-state index is -1.49. The van der Waals surface area contributed by atoms with E-state index in [9.17, 15) is 13.2 Å². The van der Waals surface area contributed by atoms with Gasteiger partial charge in [0.25, 0.3) is 5.97 Å². The van der Waals surface area contributed by atoms with Gasteiger partial charge in [0.1, 0.15) is 0 Å². The van der Waals surface area contributed by atoms with Crippen LogP contribution in [0.4, 0.5) is 13.2 Å². The molecule has 0 saturated heterocycles. The van der Waals surface area contributed by atoms with E-state index in [0.717, 1.165) is 12.1 Å². The Balaban J connectivity index is 3.02. The predicted molar refractivity (Wildman–Crippen MR) is 67.0 cm³/mol. The van der Waals surface area contributed by atoms with Gasteiger partial charge >= 0.3 is 0 Å². The average Bonchev–Trinajstić information content (AvgIpc) is 2.36. The van der Waals surface area contributed by atoms with Crippen LogP contribution < -0.4 is 0 Å². The summed E-state index contributed by atoms with van der Waals surface area (Å²) in [5.74, 6) is -5.35. The Kier molecular flexibility index (Phi) is 5.99. The number of halogens is 3. The van der Waals surface area contributed by atoms with Crippen molar-refractivity contribution in [1.29, 1.82) is 0 Å². The molecule has 0 amide bonds. The summed E-state index contributed by atoms with van der Waals surface area (Å²) in [6.45, 7) is 4.13. The molecule has 0 N–H and O–H groups in total. The number of ether oxygens (including phenoxy) is 2. The zero-order valence-electron chi connectivity index (χ0n) is 11.1. The number of hydrogen-bond acceptors (Lipinski definition) is 3. The molecule has 0 bridgehead atoms. The zero-order valence-corrected chi connectivity index (χ0v) is 13.1. The van der Waals surface area contributed by atoms with Crippen LogP contribution in [0.2, 0.25) is 0 Å². The molecule has 7 heteroatoms. The van der Waals surface area contributed by atoms with E-state index in [0.29, 0.717) is 23.7 Å². The highest BCUT2D eigenvalue weighted by Crippen LogP contribution is 2.23. The van der Waals surface area contributed by atoms with Crippen molar-refractivity contribution in [2.45, 2.75) is 26.2 Å². The first-order valence-electron chi connectivity index (χ1n) is 5.94. The molecule has 1 rings (SSSR count). The third kappa shape index (κ3) is 4.03. The number of hydrogen-bond donors (Lipinski definition) is 0. The monoisotopic (exact) mass is 294 g/mol. The van der Waals surface area contributed by atoms with Crippen molar-refractivity contribution in [3.05, 3.63) is 35.1 Å². The summed E-state index contributed by atoms with van der Waals surface area (Å²) in [6, 6.07) is 1.82. The molecule has 0 saturated carbocycles. The van der Waals surface area contributed by atoms with Gasteiger partial charge in [-0.2, -0.15) is 0 Å². The quantitative estimate of drug-likeness (QED) is 0.435. The van der Waals surface area contributed by atoms with Gasteiger partial charge < -0.3 is 13.9 Å². The summed E-state index contributed by atoms with van der Waals surface area (Å²) in [4.78, 5) is 0. The summed E-state index contributed by atoms with van der Waals surface area (Å²) in [5.41, 5.74) is 0.203. The normalized spacial score (nSPS) is 12.1. The van der Waals surface area contributed by atoms with E-state index in [-0.39, 0.29) is 12.0 Å². The van der Waals surface area contributed by atoms with E-state index in [1.165, 1.54) is 0 Å². The predicted octanol–water partition coefficient (Wildman–Crippen LogP) is 1.67. The second-order valence-electron chi connectivity index (χ2n) is 3.80. The first-order valence-corrected chi connectivity index (χ1v) is 6.76. The van der Waals surface area contributed by atoms with Crippen LogP contribution in [0.1, 0.15) is 19.4 Å². The maximum absolute atomic E-state index is 13.2. The third-order valence-electron chi connectivity index (χ3n) is 2.50. The molecule has 108 valence electrons. The third-order valence-corrected chi connectivity index (χ3v) is 3.13. The fraction of sp³-hybridized carbons (Fsp3) is 0.500. The van der Waals surface area contributed by atoms with Crippen LogP contribution in [-0.2, 0) is 20.3 Å².